The molecule has 3 rings (SSSR count). The molecule has 1 aliphatic carbocycles. The molecule has 2 aromatic rings. The lowest BCUT2D eigenvalue weighted by atomic mass is 9.84. The van der Waals surface area contributed by atoms with Gasteiger partial charge in [-0.3, -0.25) is 9.59 Å². The number of nitrogens with zero attached hydrogens (tertiary/aromatic N) is 1. The molecule has 1 aromatic heterocycles. The average molecular weight is 298 g/mol. The second-order valence-corrected chi connectivity index (χ2v) is 5.70. The highest BCUT2D eigenvalue weighted by molar-refractivity contribution is 5.95. The molecular formula is C17H18N2O3. The number of benzene rings is 1. The molecule has 1 aromatic carbocycles. The highest BCUT2D eigenvalue weighted by Gasteiger charge is 2.32. The van der Waals surface area contributed by atoms with Crippen LogP contribution in [-0.4, -0.2) is 28.0 Å². The van der Waals surface area contributed by atoms with Gasteiger partial charge in [0.2, 0.25) is 0 Å². The van der Waals surface area contributed by atoms with E-state index in [2.05, 4.69) is 10.3 Å². The van der Waals surface area contributed by atoms with Crippen molar-refractivity contribution < 1.29 is 14.7 Å². The molecule has 0 spiro atoms. The molecule has 1 fully saturated rings. The van der Waals surface area contributed by atoms with E-state index in [9.17, 15) is 14.7 Å². The van der Waals surface area contributed by atoms with E-state index in [0.29, 0.717) is 18.5 Å². The Kier molecular flexibility index (Phi) is 4.04. The van der Waals surface area contributed by atoms with Crippen molar-refractivity contribution in [1.29, 1.82) is 0 Å². The van der Waals surface area contributed by atoms with Crippen LogP contribution in [0.2, 0.25) is 0 Å². The number of rotatable bonds is 3. The minimum atomic E-state index is -0.837. The first-order valence-electron chi connectivity index (χ1n) is 7.54. The summed E-state index contributed by atoms with van der Waals surface area (Å²) in [6.07, 6.45) is 3.17. The smallest absolute Gasteiger partial charge is 0.308 e. The van der Waals surface area contributed by atoms with E-state index in [1.807, 2.05) is 30.3 Å². The first-order valence-corrected chi connectivity index (χ1v) is 7.54. The summed E-state index contributed by atoms with van der Waals surface area (Å²) in [5.74, 6) is -1.64. The summed E-state index contributed by atoms with van der Waals surface area (Å²) in [6.45, 7) is 0. The Morgan fingerprint density at radius 2 is 1.86 bits per heavy atom. The van der Waals surface area contributed by atoms with Gasteiger partial charge >= 0.3 is 5.97 Å². The van der Waals surface area contributed by atoms with Crippen LogP contribution in [0.3, 0.4) is 0 Å². The van der Waals surface area contributed by atoms with Crippen LogP contribution in [0.5, 0.6) is 0 Å². The quantitative estimate of drug-likeness (QED) is 0.913. The third kappa shape index (κ3) is 2.93. The van der Waals surface area contributed by atoms with Gasteiger partial charge in [0.1, 0.15) is 5.69 Å². The van der Waals surface area contributed by atoms with Gasteiger partial charge in [0.25, 0.3) is 5.91 Å². The second-order valence-electron chi connectivity index (χ2n) is 5.70. The van der Waals surface area contributed by atoms with E-state index >= 15 is 0 Å². The van der Waals surface area contributed by atoms with Crippen molar-refractivity contribution in [3.8, 4) is 0 Å². The van der Waals surface area contributed by atoms with Crippen LogP contribution >= 0.6 is 0 Å². The average Bonchev–Trinajstić information content (AvgIpc) is 2.54. The Hall–Kier alpha value is -2.43. The predicted octanol–water partition coefficient (Wildman–Crippen LogP) is 2.61. The van der Waals surface area contributed by atoms with Gasteiger partial charge in [-0.05, 0) is 25.0 Å². The Labute approximate surface area is 128 Å². The molecule has 0 saturated heterocycles. The number of hydrogen-bond donors (Lipinski definition) is 2. The first kappa shape index (κ1) is 14.5. The van der Waals surface area contributed by atoms with Crippen molar-refractivity contribution in [2.45, 2.75) is 31.7 Å². The minimum Gasteiger partial charge on any atom is -0.481 e. The number of carboxylic acid groups (broad SMARTS) is 1. The molecule has 1 heterocycles. The fraction of sp³-hybridized carbons (Fsp3) is 0.353. The number of nitrogens with one attached hydrogen (secondary N) is 1. The molecule has 2 N–H and O–H groups in total. The summed E-state index contributed by atoms with van der Waals surface area (Å²) >= 11 is 0. The zero-order chi connectivity index (χ0) is 15.5. The zero-order valence-corrected chi connectivity index (χ0v) is 12.2. The number of carboxylic acids is 1. The lowest BCUT2D eigenvalue weighted by Gasteiger charge is -2.29. The number of pyridine rings is 1. The molecule has 5 heteroatoms. The van der Waals surface area contributed by atoms with Gasteiger partial charge in [-0.1, -0.05) is 37.1 Å². The number of para-hydroxylation sites is 1. The van der Waals surface area contributed by atoms with Crippen molar-refractivity contribution >= 4 is 22.8 Å². The van der Waals surface area contributed by atoms with Crippen LogP contribution in [0.1, 0.15) is 36.2 Å². The van der Waals surface area contributed by atoms with E-state index in [1.165, 1.54) is 0 Å². The van der Waals surface area contributed by atoms with Gasteiger partial charge in [-0.25, -0.2) is 4.98 Å². The molecule has 0 aliphatic heterocycles. The van der Waals surface area contributed by atoms with E-state index in [4.69, 9.17) is 0 Å². The van der Waals surface area contributed by atoms with Crippen LogP contribution in [0.25, 0.3) is 10.9 Å². The second kappa shape index (κ2) is 6.13. The van der Waals surface area contributed by atoms with Gasteiger partial charge in [0.15, 0.2) is 0 Å². The number of aliphatic carboxylic acids is 1. The SMILES string of the molecule is O=C(N[C@H]1CCCCC1C(=O)O)c1ccc2ccccc2n1. The lowest BCUT2D eigenvalue weighted by Crippen LogP contribution is -2.45. The Bertz CT molecular complexity index is 714. The van der Waals surface area contributed by atoms with Crippen LogP contribution < -0.4 is 5.32 Å². The van der Waals surface area contributed by atoms with Crippen molar-refractivity contribution in [2.75, 3.05) is 0 Å². The molecule has 1 aliphatic rings. The monoisotopic (exact) mass is 298 g/mol. The van der Waals surface area contributed by atoms with Gasteiger partial charge in [0.05, 0.1) is 11.4 Å². The van der Waals surface area contributed by atoms with Crippen molar-refractivity contribution in [3.63, 3.8) is 0 Å². The van der Waals surface area contributed by atoms with Crippen LogP contribution in [0, 0.1) is 5.92 Å². The van der Waals surface area contributed by atoms with Gasteiger partial charge in [-0.15, -0.1) is 0 Å². The standard InChI is InChI=1S/C17H18N2O3/c20-16(19-14-8-4-2-6-12(14)17(21)22)15-10-9-11-5-1-3-7-13(11)18-15/h1,3,5,7,9-10,12,14H,2,4,6,8H2,(H,19,20)(H,21,22)/t12?,14-/m0/s1. The van der Waals surface area contributed by atoms with E-state index in [1.54, 1.807) is 6.07 Å². The largest absolute Gasteiger partial charge is 0.481 e. The van der Waals surface area contributed by atoms with Crippen LogP contribution in [-0.2, 0) is 4.79 Å². The molecule has 2 atom stereocenters. The fourth-order valence-corrected chi connectivity index (χ4v) is 3.03. The summed E-state index contributed by atoms with van der Waals surface area (Å²) in [6, 6.07) is 10.8. The molecule has 114 valence electrons. The molecular weight excluding hydrogens is 280 g/mol. The maximum absolute atomic E-state index is 12.4. The van der Waals surface area contributed by atoms with Gasteiger partial charge < -0.3 is 10.4 Å². The number of aromatic nitrogens is 1. The van der Waals surface area contributed by atoms with E-state index in [-0.39, 0.29) is 11.9 Å². The number of fused-ring (bicyclic) bond motifs is 1. The third-order valence-corrected chi connectivity index (χ3v) is 4.23. The number of hydrogen-bond acceptors (Lipinski definition) is 3. The summed E-state index contributed by atoms with van der Waals surface area (Å²) in [5, 5.41) is 13.1. The molecule has 0 bridgehead atoms. The van der Waals surface area contributed by atoms with Crippen LogP contribution in [0.15, 0.2) is 36.4 Å². The predicted molar refractivity (Wildman–Crippen MR) is 82.6 cm³/mol. The highest BCUT2D eigenvalue weighted by atomic mass is 16.4. The first-order chi connectivity index (χ1) is 10.6. The molecule has 5 nitrogen and oxygen atoms in total. The number of carbonyl (C=O) groups is 2. The zero-order valence-electron chi connectivity index (χ0n) is 12.2. The lowest BCUT2D eigenvalue weighted by molar-refractivity contribution is -0.143. The van der Waals surface area contributed by atoms with Crippen LogP contribution in [0.4, 0.5) is 0 Å². The molecule has 1 unspecified atom stereocenters. The summed E-state index contributed by atoms with van der Waals surface area (Å²) in [5.41, 5.74) is 1.09. The Balaban J connectivity index is 1.78. The summed E-state index contributed by atoms with van der Waals surface area (Å²) < 4.78 is 0. The van der Waals surface area contributed by atoms with Crippen molar-refractivity contribution in [1.82, 2.24) is 10.3 Å². The summed E-state index contributed by atoms with van der Waals surface area (Å²) in [7, 11) is 0. The van der Waals surface area contributed by atoms with Gasteiger partial charge in [-0.2, -0.15) is 0 Å². The summed E-state index contributed by atoms with van der Waals surface area (Å²) in [4.78, 5) is 28.0. The van der Waals surface area contributed by atoms with E-state index < -0.39 is 11.9 Å². The third-order valence-electron chi connectivity index (χ3n) is 4.23. The minimum absolute atomic E-state index is 0.302. The maximum Gasteiger partial charge on any atom is 0.308 e. The van der Waals surface area contributed by atoms with Crippen molar-refractivity contribution in [2.24, 2.45) is 5.92 Å². The maximum atomic E-state index is 12.4. The van der Waals surface area contributed by atoms with Gasteiger partial charge in [0, 0.05) is 11.4 Å². The highest BCUT2D eigenvalue weighted by Crippen LogP contribution is 2.25. The Morgan fingerprint density at radius 3 is 2.68 bits per heavy atom. The Morgan fingerprint density at radius 1 is 1.09 bits per heavy atom. The topological polar surface area (TPSA) is 79.3 Å². The van der Waals surface area contributed by atoms with Crippen molar-refractivity contribution in [3.05, 3.63) is 42.1 Å². The van der Waals surface area contributed by atoms with E-state index in [0.717, 1.165) is 23.7 Å². The normalized spacial score (nSPS) is 21.5. The molecule has 0 radical (unpaired) electrons. The molecule has 1 amide bonds. The molecule has 1 saturated carbocycles. The fourth-order valence-electron chi connectivity index (χ4n) is 3.03. The number of amides is 1. The number of carbonyl (C=O) groups excluding carboxylic acids is 1. The molecule has 22 heavy (non-hydrogen) atoms.